The summed E-state index contributed by atoms with van der Waals surface area (Å²) in [5, 5.41) is 9.57. The van der Waals surface area contributed by atoms with Crippen molar-refractivity contribution in [2.24, 2.45) is 0 Å². The van der Waals surface area contributed by atoms with Crippen LogP contribution in [0.3, 0.4) is 0 Å². The Bertz CT molecular complexity index is 1090. The maximum atomic E-state index is 13.2. The Kier molecular flexibility index (Phi) is 7.08. The molecule has 0 atom stereocenters. The molecule has 5 nitrogen and oxygen atoms in total. The van der Waals surface area contributed by atoms with Gasteiger partial charge < -0.3 is 10.2 Å². The third kappa shape index (κ3) is 5.46. The van der Waals surface area contributed by atoms with E-state index >= 15 is 0 Å². The molecular weight excluding hydrogens is 445 g/mol. The van der Waals surface area contributed by atoms with Gasteiger partial charge in [-0.25, -0.2) is 4.39 Å². The Morgan fingerprint density at radius 1 is 1.03 bits per heavy atom. The minimum absolute atomic E-state index is 0.234. The molecule has 1 aromatic heterocycles. The highest BCUT2D eigenvalue weighted by molar-refractivity contribution is 7.80. The monoisotopic (exact) mass is 471 g/mol. The summed E-state index contributed by atoms with van der Waals surface area (Å²) in [7, 11) is 0. The SMILES string of the molecule is Cc1nn(Cc2ccc(F)cc2)c(C)c1NC(=S)N1CCN(Cc2cccc(Cl)c2)CC1. The lowest BCUT2D eigenvalue weighted by molar-refractivity contribution is 0.177. The van der Waals surface area contributed by atoms with E-state index in [1.807, 2.05) is 36.7 Å². The van der Waals surface area contributed by atoms with E-state index in [0.717, 1.165) is 65.5 Å². The van der Waals surface area contributed by atoms with Crippen LogP contribution in [0.2, 0.25) is 5.02 Å². The molecule has 32 heavy (non-hydrogen) atoms. The molecule has 0 bridgehead atoms. The molecule has 2 aromatic carbocycles. The topological polar surface area (TPSA) is 36.3 Å². The first-order valence-electron chi connectivity index (χ1n) is 10.7. The first kappa shape index (κ1) is 22.7. The van der Waals surface area contributed by atoms with Crippen molar-refractivity contribution >= 4 is 34.6 Å². The van der Waals surface area contributed by atoms with Crippen LogP contribution in [0, 0.1) is 19.7 Å². The Labute approximate surface area is 198 Å². The summed E-state index contributed by atoms with van der Waals surface area (Å²) in [5.41, 5.74) is 5.08. The quantitative estimate of drug-likeness (QED) is 0.538. The van der Waals surface area contributed by atoms with E-state index < -0.39 is 0 Å². The standard InChI is InChI=1S/C24H27ClFN5S/c1-17-23(18(2)31(28-17)16-19-6-8-22(26)9-7-19)27-24(32)30-12-10-29(11-13-30)15-20-4-3-5-21(25)14-20/h3-9,14H,10-13,15-16H2,1-2H3,(H,27,32). The molecule has 0 aliphatic carbocycles. The molecule has 0 radical (unpaired) electrons. The summed E-state index contributed by atoms with van der Waals surface area (Å²) in [4.78, 5) is 4.63. The fourth-order valence-corrected chi connectivity index (χ4v) is 4.48. The minimum Gasteiger partial charge on any atom is -0.346 e. The van der Waals surface area contributed by atoms with E-state index in [4.69, 9.17) is 23.8 Å². The first-order valence-corrected chi connectivity index (χ1v) is 11.5. The van der Waals surface area contributed by atoms with Gasteiger partial charge in [0.05, 0.1) is 23.6 Å². The Morgan fingerprint density at radius 3 is 2.44 bits per heavy atom. The second-order valence-corrected chi connectivity index (χ2v) is 8.98. The highest BCUT2D eigenvalue weighted by atomic mass is 35.5. The van der Waals surface area contributed by atoms with Gasteiger partial charge in [-0.3, -0.25) is 9.58 Å². The number of nitrogens with zero attached hydrogens (tertiary/aromatic N) is 4. The van der Waals surface area contributed by atoms with Gasteiger partial charge in [0.2, 0.25) is 0 Å². The molecule has 2 heterocycles. The Morgan fingerprint density at radius 2 is 1.75 bits per heavy atom. The van der Waals surface area contributed by atoms with Crippen molar-refractivity contribution in [2.75, 3.05) is 31.5 Å². The van der Waals surface area contributed by atoms with Crippen LogP contribution in [0.25, 0.3) is 0 Å². The second kappa shape index (κ2) is 9.98. The molecule has 0 amide bonds. The predicted molar refractivity (Wildman–Crippen MR) is 132 cm³/mol. The molecule has 8 heteroatoms. The highest BCUT2D eigenvalue weighted by Crippen LogP contribution is 2.22. The number of rotatable bonds is 5. The number of halogens is 2. The molecule has 0 unspecified atom stereocenters. The van der Waals surface area contributed by atoms with Crippen LogP contribution in [0.15, 0.2) is 48.5 Å². The number of hydrogen-bond acceptors (Lipinski definition) is 3. The zero-order valence-corrected chi connectivity index (χ0v) is 19.9. The van der Waals surface area contributed by atoms with Crippen molar-refractivity contribution in [3.8, 4) is 0 Å². The predicted octanol–water partition coefficient (Wildman–Crippen LogP) is 4.86. The summed E-state index contributed by atoms with van der Waals surface area (Å²) in [6.45, 7) is 9.10. The third-order valence-corrected chi connectivity index (χ3v) is 6.41. The van der Waals surface area contributed by atoms with Crippen molar-refractivity contribution < 1.29 is 4.39 Å². The second-order valence-electron chi connectivity index (χ2n) is 8.15. The largest absolute Gasteiger partial charge is 0.346 e. The van der Waals surface area contributed by atoms with Crippen LogP contribution in [0.5, 0.6) is 0 Å². The number of hydrogen-bond donors (Lipinski definition) is 1. The average Bonchev–Trinajstić information content (AvgIpc) is 3.03. The van der Waals surface area contributed by atoms with Gasteiger partial charge in [0.25, 0.3) is 0 Å². The summed E-state index contributed by atoms with van der Waals surface area (Å²) in [6, 6.07) is 14.5. The van der Waals surface area contributed by atoms with Crippen LogP contribution in [0.4, 0.5) is 10.1 Å². The third-order valence-electron chi connectivity index (χ3n) is 5.81. The Hall–Kier alpha value is -2.48. The van der Waals surface area contributed by atoms with E-state index in [2.05, 4.69) is 26.3 Å². The molecule has 1 N–H and O–H groups in total. The van der Waals surface area contributed by atoms with Gasteiger partial charge in [0, 0.05) is 37.7 Å². The summed E-state index contributed by atoms with van der Waals surface area (Å²) >= 11 is 11.8. The van der Waals surface area contributed by atoms with Gasteiger partial charge in [0.1, 0.15) is 5.82 Å². The molecule has 168 valence electrons. The van der Waals surface area contributed by atoms with E-state index in [0.29, 0.717) is 6.54 Å². The minimum atomic E-state index is -0.234. The first-order chi connectivity index (χ1) is 15.4. The van der Waals surface area contributed by atoms with Gasteiger partial charge in [-0.2, -0.15) is 5.10 Å². The number of piperazine rings is 1. The summed E-state index contributed by atoms with van der Waals surface area (Å²) in [5.74, 6) is -0.234. The maximum absolute atomic E-state index is 13.2. The lowest BCUT2D eigenvalue weighted by Gasteiger charge is -2.36. The molecule has 4 rings (SSSR count). The molecule has 0 saturated carbocycles. The highest BCUT2D eigenvalue weighted by Gasteiger charge is 2.21. The van der Waals surface area contributed by atoms with Gasteiger partial charge in [-0.1, -0.05) is 35.9 Å². The number of nitrogens with one attached hydrogen (secondary N) is 1. The molecular formula is C24H27ClFN5S. The average molecular weight is 472 g/mol. The van der Waals surface area contributed by atoms with Crippen LogP contribution in [-0.4, -0.2) is 50.9 Å². The maximum Gasteiger partial charge on any atom is 0.173 e. The van der Waals surface area contributed by atoms with Gasteiger partial charge >= 0.3 is 0 Å². The molecule has 1 aliphatic rings. The smallest absolute Gasteiger partial charge is 0.173 e. The zero-order chi connectivity index (χ0) is 22.7. The van der Waals surface area contributed by atoms with Gasteiger partial charge in [0.15, 0.2) is 5.11 Å². The number of aromatic nitrogens is 2. The van der Waals surface area contributed by atoms with Gasteiger partial charge in [-0.05, 0) is 61.5 Å². The number of anilines is 1. The number of aryl methyl sites for hydroxylation is 1. The van der Waals surface area contributed by atoms with Crippen LogP contribution >= 0.6 is 23.8 Å². The van der Waals surface area contributed by atoms with E-state index in [-0.39, 0.29) is 5.82 Å². The summed E-state index contributed by atoms with van der Waals surface area (Å²) in [6.07, 6.45) is 0. The van der Waals surface area contributed by atoms with Crippen LogP contribution in [0.1, 0.15) is 22.5 Å². The van der Waals surface area contributed by atoms with Gasteiger partial charge in [-0.15, -0.1) is 0 Å². The summed E-state index contributed by atoms with van der Waals surface area (Å²) < 4.78 is 15.1. The van der Waals surface area contributed by atoms with Crippen LogP contribution in [-0.2, 0) is 13.1 Å². The van der Waals surface area contributed by atoms with Crippen molar-refractivity contribution in [2.45, 2.75) is 26.9 Å². The van der Waals surface area contributed by atoms with E-state index in [1.54, 1.807) is 12.1 Å². The van der Waals surface area contributed by atoms with E-state index in [1.165, 1.54) is 17.7 Å². The number of thiocarbonyl (C=S) groups is 1. The molecule has 1 aliphatic heterocycles. The molecule has 0 spiro atoms. The Balaban J connectivity index is 1.34. The molecule has 3 aromatic rings. The lowest BCUT2D eigenvalue weighted by atomic mass is 10.2. The van der Waals surface area contributed by atoms with Crippen molar-refractivity contribution in [3.63, 3.8) is 0 Å². The van der Waals surface area contributed by atoms with Crippen LogP contribution < -0.4 is 5.32 Å². The molecule has 1 saturated heterocycles. The van der Waals surface area contributed by atoms with E-state index in [9.17, 15) is 4.39 Å². The zero-order valence-electron chi connectivity index (χ0n) is 18.3. The fourth-order valence-electron chi connectivity index (χ4n) is 3.98. The number of benzene rings is 2. The van der Waals surface area contributed by atoms with Crippen molar-refractivity contribution in [3.05, 3.63) is 81.9 Å². The molecule has 1 fully saturated rings. The fraction of sp³-hybridized carbons (Fsp3) is 0.333. The van der Waals surface area contributed by atoms with Crippen molar-refractivity contribution in [1.82, 2.24) is 19.6 Å². The normalized spacial score (nSPS) is 14.6. The lowest BCUT2D eigenvalue weighted by Crippen LogP contribution is -2.49. The van der Waals surface area contributed by atoms with Crippen molar-refractivity contribution in [1.29, 1.82) is 0 Å².